The Bertz CT molecular complexity index is 1500. The van der Waals surface area contributed by atoms with E-state index in [9.17, 15) is 13.2 Å². The summed E-state index contributed by atoms with van der Waals surface area (Å²) >= 11 is 1.41. The van der Waals surface area contributed by atoms with E-state index in [1.165, 1.54) is 15.6 Å². The first-order valence-electron chi connectivity index (χ1n) is 12.1. The number of piperidine rings is 1. The first-order chi connectivity index (χ1) is 17.9. The SMILES string of the molecule is COc1cccc2sc(N(Cc3ccccn3)C(=O)C3CCCN(S(=O)(=O)c4ccc(C)cc4)C3)nc12. The van der Waals surface area contributed by atoms with Crippen LogP contribution in [0.5, 0.6) is 5.75 Å². The molecule has 0 bridgehead atoms. The lowest BCUT2D eigenvalue weighted by Gasteiger charge is -2.33. The smallest absolute Gasteiger partial charge is 0.243 e. The van der Waals surface area contributed by atoms with E-state index in [4.69, 9.17) is 9.72 Å². The molecule has 1 amide bonds. The zero-order valence-corrected chi connectivity index (χ0v) is 22.3. The summed E-state index contributed by atoms with van der Waals surface area (Å²) in [6.07, 6.45) is 2.90. The van der Waals surface area contributed by atoms with Crippen LogP contribution in [0.3, 0.4) is 0 Å². The maximum Gasteiger partial charge on any atom is 0.243 e. The molecule has 4 aromatic rings. The summed E-state index contributed by atoms with van der Waals surface area (Å²) in [5.41, 5.74) is 2.40. The fourth-order valence-corrected chi connectivity index (χ4v) is 7.04. The molecule has 5 rings (SSSR count). The van der Waals surface area contributed by atoms with Crippen molar-refractivity contribution < 1.29 is 17.9 Å². The molecule has 1 fully saturated rings. The van der Waals surface area contributed by atoms with Crippen molar-refractivity contribution in [3.8, 4) is 5.75 Å². The number of anilines is 1. The average molecular weight is 537 g/mol. The molecule has 192 valence electrons. The van der Waals surface area contributed by atoms with Crippen LogP contribution in [-0.4, -0.2) is 48.8 Å². The zero-order valence-electron chi connectivity index (χ0n) is 20.7. The molecule has 1 saturated heterocycles. The van der Waals surface area contributed by atoms with Crippen molar-refractivity contribution in [2.24, 2.45) is 5.92 Å². The zero-order chi connectivity index (χ0) is 26.0. The quantitative estimate of drug-likeness (QED) is 0.342. The van der Waals surface area contributed by atoms with Crippen LogP contribution in [0.15, 0.2) is 71.8 Å². The molecule has 1 atom stereocenters. The number of carbonyl (C=O) groups excluding carboxylic acids is 1. The molecule has 0 aliphatic carbocycles. The molecule has 3 heterocycles. The van der Waals surface area contributed by atoms with Gasteiger partial charge in [0.1, 0.15) is 11.3 Å². The summed E-state index contributed by atoms with van der Waals surface area (Å²) in [7, 11) is -2.11. The van der Waals surface area contributed by atoms with Gasteiger partial charge < -0.3 is 4.74 Å². The van der Waals surface area contributed by atoms with Crippen molar-refractivity contribution in [1.29, 1.82) is 0 Å². The molecule has 2 aromatic heterocycles. The summed E-state index contributed by atoms with van der Waals surface area (Å²) in [5.74, 6) is -0.0163. The van der Waals surface area contributed by atoms with E-state index in [1.54, 1.807) is 42.5 Å². The number of pyridine rings is 1. The van der Waals surface area contributed by atoms with Gasteiger partial charge >= 0.3 is 0 Å². The number of aromatic nitrogens is 2. The summed E-state index contributed by atoms with van der Waals surface area (Å²) in [6, 6.07) is 18.1. The van der Waals surface area contributed by atoms with Crippen molar-refractivity contribution in [1.82, 2.24) is 14.3 Å². The third-order valence-electron chi connectivity index (χ3n) is 6.53. The number of aryl methyl sites for hydroxylation is 1. The van der Waals surface area contributed by atoms with Crippen LogP contribution in [0.2, 0.25) is 0 Å². The van der Waals surface area contributed by atoms with Gasteiger partial charge in [-0.1, -0.05) is 41.2 Å². The Kier molecular flexibility index (Phi) is 7.23. The second-order valence-corrected chi connectivity index (χ2v) is 12.0. The third kappa shape index (κ3) is 5.22. The van der Waals surface area contributed by atoms with Gasteiger partial charge in [0.15, 0.2) is 5.13 Å². The van der Waals surface area contributed by atoms with E-state index >= 15 is 0 Å². The van der Waals surface area contributed by atoms with Gasteiger partial charge in [0, 0.05) is 19.3 Å². The van der Waals surface area contributed by atoms with Gasteiger partial charge in [-0.15, -0.1) is 0 Å². The van der Waals surface area contributed by atoms with Crippen LogP contribution >= 0.6 is 11.3 Å². The molecule has 1 aliphatic rings. The van der Waals surface area contributed by atoms with Crippen LogP contribution in [0.4, 0.5) is 5.13 Å². The molecular weight excluding hydrogens is 508 g/mol. The van der Waals surface area contributed by atoms with Crippen LogP contribution in [0.1, 0.15) is 24.1 Å². The molecule has 0 saturated carbocycles. The number of amides is 1. The van der Waals surface area contributed by atoms with E-state index in [2.05, 4.69) is 4.98 Å². The second kappa shape index (κ2) is 10.6. The predicted octanol–water partition coefficient (Wildman–Crippen LogP) is 4.64. The Morgan fingerprint density at radius 1 is 1.14 bits per heavy atom. The number of carbonyl (C=O) groups is 1. The molecule has 2 aromatic carbocycles. The number of benzene rings is 2. The van der Waals surface area contributed by atoms with Gasteiger partial charge in [-0.25, -0.2) is 13.4 Å². The number of hydrogen-bond donors (Lipinski definition) is 0. The summed E-state index contributed by atoms with van der Waals surface area (Å²) < 4.78 is 34.5. The average Bonchev–Trinajstić information content (AvgIpc) is 3.36. The van der Waals surface area contributed by atoms with Gasteiger partial charge in [-0.2, -0.15) is 4.31 Å². The molecule has 37 heavy (non-hydrogen) atoms. The van der Waals surface area contributed by atoms with Gasteiger partial charge in [-0.3, -0.25) is 14.7 Å². The van der Waals surface area contributed by atoms with Crippen molar-refractivity contribution in [2.45, 2.75) is 31.2 Å². The Hall–Kier alpha value is -3.34. The van der Waals surface area contributed by atoms with Crippen LogP contribution in [-0.2, 0) is 21.4 Å². The number of thiazole rings is 1. The van der Waals surface area contributed by atoms with E-state index in [-0.39, 0.29) is 23.9 Å². The predicted molar refractivity (Wildman–Crippen MR) is 144 cm³/mol. The normalized spacial score (nSPS) is 16.5. The number of rotatable bonds is 7. The number of ether oxygens (including phenoxy) is 1. The maximum atomic E-state index is 14.0. The largest absolute Gasteiger partial charge is 0.494 e. The fraction of sp³-hybridized carbons (Fsp3) is 0.296. The van der Waals surface area contributed by atoms with Crippen LogP contribution < -0.4 is 9.64 Å². The number of sulfonamides is 1. The highest BCUT2D eigenvalue weighted by Gasteiger charge is 2.36. The molecular formula is C27H28N4O4S2. The minimum Gasteiger partial charge on any atom is -0.494 e. The van der Waals surface area contributed by atoms with Gasteiger partial charge in [-0.05, 0) is 56.2 Å². The number of methoxy groups -OCH3 is 1. The Morgan fingerprint density at radius 3 is 2.68 bits per heavy atom. The number of para-hydroxylation sites is 1. The molecule has 1 unspecified atom stereocenters. The van der Waals surface area contributed by atoms with Gasteiger partial charge in [0.2, 0.25) is 15.9 Å². The van der Waals surface area contributed by atoms with Gasteiger partial charge in [0.25, 0.3) is 0 Å². The van der Waals surface area contributed by atoms with E-state index in [0.717, 1.165) is 16.0 Å². The van der Waals surface area contributed by atoms with Crippen LogP contribution in [0, 0.1) is 12.8 Å². The topological polar surface area (TPSA) is 92.7 Å². The standard InChI is InChI=1S/C27H28N4O4S2/c1-19-11-13-22(14-12-19)37(33,34)30-16-6-7-20(17-30)26(32)31(18-21-8-3-4-15-28-21)27-29-25-23(35-2)9-5-10-24(25)36-27/h3-5,8-15,20H,6-7,16-18H2,1-2H3. The molecule has 8 nitrogen and oxygen atoms in total. The summed E-state index contributed by atoms with van der Waals surface area (Å²) in [6.45, 7) is 2.67. The van der Waals surface area contributed by atoms with E-state index < -0.39 is 15.9 Å². The van der Waals surface area contributed by atoms with Crippen molar-refractivity contribution >= 4 is 42.6 Å². The minimum absolute atomic E-state index is 0.127. The molecule has 0 N–H and O–H groups in total. The molecule has 0 spiro atoms. The highest BCUT2D eigenvalue weighted by atomic mass is 32.2. The summed E-state index contributed by atoms with van der Waals surface area (Å²) in [4.78, 5) is 25.1. The van der Waals surface area contributed by atoms with Crippen molar-refractivity contribution in [3.63, 3.8) is 0 Å². The first kappa shape index (κ1) is 25.3. The highest BCUT2D eigenvalue weighted by Crippen LogP contribution is 2.36. The lowest BCUT2D eigenvalue weighted by molar-refractivity contribution is -0.123. The lowest BCUT2D eigenvalue weighted by Crippen LogP contribution is -2.46. The Morgan fingerprint density at radius 2 is 1.95 bits per heavy atom. The maximum absolute atomic E-state index is 14.0. The number of nitrogens with zero attached hydrogens (tertiary/aromatic N) is 4. The number of fused-ring (bicyclic) bond motifs is 1. The van der Waals surface area contributed by atoms with Crippen molar-refractivity contribution in [3.05, 3.63) is 78.1 Å². The Labute approximate surface area is 220 Å². The van der Waals surface area contributed by atoms with Crippen LogP contribution in [0.25, 0.3) is 10.2 Å². The number of hydrogen-bond acceptors (Lipinski definition) is 7. The fourth-order valence-electron chi connectivity index (χ4n) is 4.53. The molecule has 0 radical (unpaired) electrons. The monoisotopic (exact) mass is 536 g/mol. The van der Waals surface area contributed by atoms with E-state index in [1.807, 2.05) is 43.3 Å². The first-order valence-corrected chi connectivity index (χ1v) is 14.3. The van der Waals surface area contributed by atoms with Gasteiger partial charge in [0.05, 0.1) is 34.9 Å². The summed E-state index contributed by atoms with van der Waals surface area (Å²) in [5, 5.41) is 0.536. The molecule has 1 aliphatic heterocycles. The molecule has 10 heteroatoms. The minimum atomic E-state index is -3.70. The van der Waals surface area contributed by atoms with Crippen molar-refractivity contribution in [2.75, 3.05) is 25.1 Å². The highest BCUT2D eigenvalue weighted by molar-refractivity contribution is 7.89. The Balaban J connectivity index is 1.46. The third-order valence-corrected chi connectivity index (χ3v) is 9.45. The lowest BCUT2D eigenvalue weighted by atomic mass is 9.98. The second-order valence-electron chi connectivity index (χ2n) is 9.06. The van der Waals surface area contributed by atoms with E-state index in [0.29, 0.717) is 35.8 Å².